The summed E-state index contributed by atoms with van der Waals surface area (Å²) >= 11 is 0. The average Bonchev–Trinajstić information content (AvgIpc) is 2.73. The molecule has 12 heteroatoms. The fourth-order valence-electron chi connectivity index (χ4n) is 3.21. The van der Waals surface area contributed by atoms with Gasteiger partial charge in [-0.1, -0.05) is 0 Å². The van der Waals surface area contributed by atoms with E-state index in [0.717, 1.165) is 12.1 Å². The van der Waals surface area contributed by atoms with Crippen molar-refractivity contribution >= 4 is 23.2 Å². The molecule has 3 rings (SSSR count). The van der Waals surface area contributed by atoms with Crippen molar-refractivity contribution in [3.8, 4) is 0 Å². The first-order chi connectivity index (χ1) is 14.2. The number of nitro benzene ring substituents is 1. The maximum absolute atomic E-state index is 12.9. The van der Waals surface area contributed by atoms with Gasteiger partial charge in [-0.05, 0) is 25.1 Å². The van der Waals surface area contributed by atoms with Crippen LogP contribution in [0, 0.1) is 10.1 Å². The molecule has 0 aliphatic carbocycles. The molecule has 0 unspecified atom stereocenters. The van der Waals surface area contributed by atoms with Crippen LogP contribution >= 0.6 is 0 Å². The van der Waals surface area contributed by atoms with Crippen LogP contribution in [0.2, 0.25) is 0 Å². The van der Waals surface area contributed by atoms with Crippen molar-refractivity contribution < 1.29 is 22.9 Å². The lowest BCUT2D eigenvalue weighted by Crippen LogP contribution is -2.53. The molecular weight excluding hydrogens is 405 g/mol. The van der Waals surface area contributed by atoms with E-state index < -0.39 is 28.4 Å². The summed E-state index contributed by atoms with van der Waals surface area (Å²) in [6, 6.07) is 3.64. The lowest BCUT2D eigenvalue weighted by Gasteiger charge is -2.38. The Kier molecular flexibility index (Phi) is 6.15. The zero-order valence-electron chi connectivity index (χ0n) is 16.0. The number of carbonyl (C=O) groups excluding carboxylic acids is 1. The van der Waals surface area contributed by atoms with Crippen molar-refractivity contribution in [2.24, 2.45) is 0 Å². The number of aromatic nitrogens is 2. The van der Waals surface area contributed by atoms with Gasteiger partial charge in [0.05, 0.1) is 16.5 Å². The minimum absolute atomic E-state index is 0.127. The molecule has 1 aliphatic heterocycles. The van der Waals surface area contributed by atoms with Crippen molar-refractivity contribution in [1.29, 1.82) is 0 Å². The second-order valence-corrected chi connectivity index (χ2v) is 6.72. The van der Waals surface area contributed by atoms with Crippen molar-refractivity contribution in [2.45, 2.75) is 19.1 Å². The molecule has 1 saturated heterocycles. The van der Waals surface area contributed by atoms with E-state index in [-0.39, 0.29) is 17.5 Å². The van der Waals surface area contributed by atoms with Crippen molar-refractivity contribution in [3.63, 3.8) is 0 Å². The predicted octanol–water partition coefficient (Wildman–Crippen LogP) is 2.55. The largest absolute Gasteiger partial charge is 0.416 e. The molecule has 1 aromatic heterocycles. The molecule has 1 fully saturated rings. The van der Waals surface area contributed by atoms with Gasteiger partial charge in [-0.15, -0.1) is 0 Å². The first kappa shape index (κ1) is 21.4. The van der Waals surface area contributed by atoms with E-state index in [1.165, 1.54) is 12.4 Å². The van der Waals surface area contributed by atoms with E-state index in [4.69, 9.17) is 0 Å². The molecule has 1 aliphatic rings. The summed E-state index contributed by atoms with van der Waals surface area (Å²) in [6.07, 6.45) is -1.65. The third kappa shape index (κ3) is 4.82. The maximum Gasteiger partial charge on any atom is 0.416 e. The van der Waals surface area contributed by atoms with Crippen LogP contribution in [0.5, 0.6) is 0 Å². The van der Waals surface area contributed by atoms with Gasteiger partial charge in [0, 0.05) is 44.6 Å². The highest BCUT2D eigenvalue weighted by Gasteiger charge is 2.34. The summed E-state index contributed by atoms with van der Waals surface area (Å²) in [5.41, 5.74) is -1.53. The van der Waals surface area contributed by atoms with E-state index in [0.29, 0.717) is 32.2 Å². The molecule has 30 heavy (non-hydrogen) atoms. The van der Waals surface area contributed by atoms with Gasteiger partial charge in [-0.3, -0.25) is 25.1 Å². The molecular formula is C18H19F3N6O3. The van der Waals surface area contributed by atoms with E-state index >= 15 is 0 Å². The van der Waals surface area contributed by atoms with Gasteiger partial charge in [-0.2, -0.15) is 13.2 Å². The quantitative estimate of drug-likeness (QED) is 0.581. The van der Waals surface area contributed by atoms with Gasteiger partial charge < -0.3 is 4.90 Å². The summed E-state index contributed by atoms with van der Waals surface area (Å²) in [5, 5.41) is 13.9. The van der Waals surface area contributed by atoms with Crippen molar-refractivity contribution in [2.75, 3.05) is 36.4 Å². The Labute approximate surface area is 169 Å². The molecule has 0 saturated carbocycles. The number of carbonyl (C=O) groups is 1. The molecule has 2 heterocycles. The highest BCUT2D eigenvalue weighted by molar-refractivity contribution is 5.93. The number of rotatable bonds is 5. The molecule has 1 N–H and O–H groups in total. The normalized spacial score (nSPS) is 16.2. The second-order valence-electron chi connectivity index (χ2n) is 6.72. The van der Waals surface area contributed by atoms with E-state index in [1.807, 2.05) is 4.90 Å². The number of halogens is 3. The Hall–Kier alpha value is -3.28. The first-order valence-corrected chi connectivity index (χ1v) is 9.09. The predicted molar refractivity (Wildman–Crippen MR) is 102 cm³/mol. The van der Waals surface area contributed by atoms with Gasteiger partial charge in [0.2, 0.25) is 11.9 Å². The monoisotopic (exact) mass is 424 g/mol. The number of anilines is 2. The number of amides is 1. The fourth-order valence-corrected chi connectivity index (χ4v) is 3.21. The number of nitro groups is 1. The van der Waals surface area contributed by atoms with Crippen molar-refractivity contribution in [1.82, 2.24) is 14.9 Å². The first-order valence-electron chi connectivity index (χ1n) is 9.09. The number of benzene rings is 1. The highest BCUT2D eigenvalue weighted by Crippen LogP contribution is 2.36. The van der Waals surface area contributed by atoms with Gasteiger partial charge in [-0.25, -0.2) is 9.97 Å². The third-order valence-corrected chi connectivity index (χ3v) is 4.88. The molecule has 2 aromatic rings. The average molecular weight is 424 g/mol. The van der Waals surface area contributed by atoms with Gasteiger partial charge >= 0.3 is 6.18 Å². The fraction of sp³-hybridized carbons (Fsp3) is 0.389. The van der Waals surface area contributed by atoms with Crippen LogP contribution in [0.3, 0.4) is 0 Å². The smallest absolute Gasteiger partial charge is 0.363 e. The van der Waals surface area contributed by atoms with Crippen LogP contribution in [0.25, 0.3) is 0 Å². The second kappa shape index (κ2) is 8.61. The highest BCUT2D eigenvalue weighted by atomic mass is 19.4. The lowest BCUT2D eigenvalue weighted by molar-refractivity contribution is -0.384. The Balaban J connectivity index is 1.66. The molecule has 9 nitrogen and oxygen atoms in total. The van der Waals surface area contributed by atoms with Crippen molar-refractivity contribution in [3.05, 3.63) is 52.3 Å². The third-order valence-electron chi connectivity index (χ3n) is 4.88. The van der Waals surface area contributed by atoms with E-state index in [9.17, 15) is 28.1 Å². The number of alkyl halides is 3. The molecule has 1 amide bonds. The zero-order valence-corrected chi connectivity index (χ0v) is 16.0. The summed E-state index contributed by atoms with van der Waals surface area (Å²) in [4.78, 5) is 34.3. The Bertz CT molecular complexity index is 917. The minimum Gasteiger partial charge on any atom is -0.363 e. The Morgan fingerprint density at radius 1 is 1.20 bits per heavy atom. The number of piperazine rings is 1. The molecule has 160 valence electrons. The van der Waals surface area contributed by atoms with Crippen LogP contribution in [0.1, 0.15) is 12.5 Å². The van der Waals surface area contributed by atoms with Gasteiger partial charge in [0.1, 0.15) is 5.69 Å². The number of hydrogen-bond donors (Lipinski definition) is 1. The van der Waals surface area contributed by atoms with Crippen LogP contribution in [0.15, 0.2) is 36.7 Å². The molecule has 1 atom stereocenters. The Morgan fingerprint density at radius 3 is 2.40 bits per heavy atom. The Morgan fingerprint density at radius 2 is 1.83 bits per heavy atom. The van der Waals surface area contributed by atoms with E-state index in [1.54, 1.807) is 17.9 Å². The number of nitrogens with one attached hydrogen (secondary N) is 1. The van der Waals surface area contributed by atoms with Crippen LogP contribution in [-0.2, 0) is 11.0 Å². The summed E-state index contributed by atoms with van der Waals surface area (Å²) < 4.78 is 38.7. The minimum atomic E-state index is -4.66. The molecule has 0 spiro atoms. The zero-order chi connectivity index (χ0) is 21.9. The van der Waals surface area contributed by atoms with Crippen LogP contribution in [-0.4, -0.2) is 57.9 Å². The lowest BCUT2D eigenvalue weighted by atomic mass is 10.1. The molecule has 1 aromatic carbocycles. The SMILES string of the molecule is C[C@H](C(=O)Nc1ncccn1)N1CCN(c2ccc(C(F)(F)F)cc2[N+](=O)[O-])CC1. The van der Waals surface area contributed by atoms with Gasteiger partial charge in [0.25, 0.3) is 5.69 Å². The van der Waals surface area contributed by atoms with Crippen LogP contribution < -0.4 is 10.2 Å². The van der Waals surface area contributed by atoms with Gasteiger partial charge in [0.15, 0.2) is 0 Å². The topological polar surface area (TPSA) is 104 Å². The van der Waals surface area contributed by atoms with Crippen LogP contribution in [0.4, 0.5) is 30.5 Å². The summed E-state index contributed by atoms with van der Waals surface area (Å²) in [7, 11) is 0. The number of nitrogens with zero attached hydrogens (tertiary/aromatic N) is 5. The maximum atomic E-state index is 12.9. The molecule has 0 radical (unpaired) electrons. The molecule has 0 bridgehead atoms. The number of hydrogen-bond acceptors (Lipinski definition) is 7. The summed E-state index contributed by atoms with van der Waals surface area (Å²) in [6.45, 7) is 3.18. The summed E-state index contributed by atoms with van der Waals surface area (Å²) in [5.74, 6) is -0.108. The van der Waals surface area contributed by atoms with E-state index in [2.05, 4.69) is 15.3 Å². The standard InChI is InChI=1S/C18H19F3N6O3/c1-12(16(28)24-17-22-5-2-6-23-17)25-7-9-26(10-8-25)14-4-3-13(18(19,20)21)11-15(14)27(29)30/h2-6,11-12H,7-10H2,1H3,(H,22,23,24,28)/t12-/m1/s1.